The first-order chi connectivity index (χ1) is 8.43. The van der Waals surface area contributed by atoms with E-state index in [4.69, 9.17) is 5.73 Å². The van der Waals surface area contributed by atoms with E-state index in [1.54, 1.807) is 0 Å². The zero-order chi connectivity index (χ0) is 13.4. The van der Waals surface area contributed by atoms with Crippen LogP contribution >= 0.6 is 15.9 Å². The Balaban J connectivity index is 2.63. The third-order valence-electron chi connectivity index (χ3n) is 3.45. The molecule has 2 rings (SSSR count). The molecule has 1 heterocycles. The summed E-state index contributed by atoms with van der Waals surface area (Å²) in [5.74, 6) is 0.0263. The number of hydrogen-bond donors (Lipinski definition) is 2. The molecule has 3 N–H and O–H groups in total. The Hall–Kier alpha value is -1.26. The van der Waals surface area contributed by atoms with Crippen molar-refractivity contribution in [2.75, 3.05) is 0 Å². The lowest BCUT2D eigenvalue weighted by atomic mass is 10.0. The van der Waals surface area contributed by atoms with E-state index >= 15 is 0 Å². The van der Waals surface area contributed by atoms with Crippen LogP contribution < -0.4 is 5.73 Å². The highest BCUT2D eigenvalue weighted by Crippen LogP contribution is 2.32. The van der Waals surface area contributed by atoms with Gasteiger partial charge in [-0.2, -0.15) is 0 Å². The van der Waals surface area contributed by atoms with Gasteiger partial charge in [0.05, 0.1) is 6.04 Å². The van der Waals surface area contributed by atoms with Crippen molar-refractivity contribution < 1.29 is 5.11 Å². The van der Waals surface area contributed by atoms with Crippen LogP contribution in [0.2, 0.25) is 0 Å². The fraction of sp³-hybridized carbons (Fsp3) is 0.286. The molecular weight excluding hydrogens is 292 g/mol. The Morgan fingerprint density at radius 2 is 2.22 bits per heavy atom. The largest absolute Gasteiger partial charge is 0.511 e. The molecule has 2 aromatic rings. The molecule has 0 radical (unpaired) electrons. The van der Waals surface area contributed by atoms with E-state index in [9.17, 15) is 5.11 Å². The Bertz CT molecular complexity index is 616. The van der Waals surface area contributed by atoms with Crippen LogP contribution in [-0.4, -0.2) is 15.7 Å². The van der Waals surface area contributed by atoms with Crippen LogP contribution in [0.1, 0.15) is 11.3 Å². The lowest BCUT2D eigenvalue weighted by Gasteiger charge is -2.10. The Kier molecular flexibility index (Phi) is 3.50. The SMILES string of the molecule is C=C(O)C(N)Cc1c(C)n(C)c2cccc(Br)c12. The van der Waals surface area contributed by atoms with Gasteiger partial charge in [-0.25, -0.2) is 0 Å². The molecule has 4 heteroatoms. The molecule has 18 heavy (non-hydrogen) atoms. The third-order valence-corrected chi connectivity index (χ3v) is 4.11. The Morgan fingerprint density at radius 1 is 1.56 bits per heavy atom. The number of nitrogens with zero attached hydrogens (tertiary/aromatic N) is 1. The van der Waals surface area contributed by atoms with Crippen molar-refractivity contribution in [1.29, 1.82) is 0 Å². The molecule has 0 aliphatic heterocycles. The number of aliphatic hydroxyl groups is 1. The number of aryl methyl sites for hydroxylation is 1. The average Bonchev–Trinajstić information content (AvgIpc) is 2.56. The number of aliphatic hydroxyl groups excluding tert-OH is 1. The molecule has 3 nitrogen and oxygen atoms in total. The van der Waals surface area contributed by atoms with Crippen LogP contribution in [0, 0.1) is 6.92 Å². The normalized spacial score (nSPS) is 12.9. The second-order valence-corrected chi connectivity index (χ2v) is 5.41. The van der Waals surface area contributed by atoms with Crippen molar-refractivity contribution in [2.45, 2.75) is 19.4 Å². The van der Waals surface area contributed by atoms with E-state index in [2.05, 4.69) is 40.1 Å². The molecule has 1 aromatic carbocycles. The van der Waals surface area contributed by atoms with Gasteiger partial charge in [-0.15, -0.1) is 0 Å². The van der Waals surface area contributed by atoms with Crippen LogP contribution in [-0.2, 0) is 13.5 Å². The van der Waals surface area contributed by atoms with Gasteiger partial charge in [-0.1, -0.05) is 28.6 Å². The van der Waals surface area contributed by atoms with E-state index in [-0.39, 0.29) is 5.76 Å². The summed E-state index contributed by atoms with van der Waals surface area (Å²) in [4.78, 5) is 0. The highest BCUT2D eigenvalue weighted by molar-refractivity contribution is 9.10. The topological polar surface area (TPSA) is 51.2 Å². The van der Waals surface area contributed by atoms with E-state index in [0.717, 1.165) is 26.6 Å². The van der Waals surface area contributed by atoms with Gasteiger partial charge in [-0.3, -0.25) is 0 Å². The van der Waals surface area contributed by atoms with Crippen LogP contribution in [0.25, 0.3) is 10.9 Å². The number of hydrogen-bond acceptors (Lipinski definition) is 2. The van der Waals surface area contributed by atoms with Gasteiger partial charge < -0.3 is 15.4 Å². The van der Waals surface area contributed by atoms with Gasteiger partial charge >= 0.3 is 0 Å². The second-order valence-electron chi connectivity index (χ2n) is 4.56. The van der Waals surface area contributed by atoms with Crippen molar-refractivity contribution in [3.8, 4) is 0 Å². The first-order valence-corrected chi connectivity index (χ1v) is 6.58. The van der Waals surface area contributed by atoms with Crippen molar-refractivity contribution in [3.63, 3.8) is 0 Å². The summed E-state index contributed by atoms with van der Waals surface area (Å²) in [5, 5.41) is 10.5. The minimum atomic E-state index is -0.429. The smallest absolute Gasteiger partial charge is 0.102 e. The zero-order valence-electron chi connectivity index (χ0n) is 10.6. The van der Waals surface area contributed by atoms with Crippen molar-refractivity contribution in [3.05, 3.63) is 46.3 Å². The molecule has 0 aliphatic carbocycles. The predicted octanol–water partition coefficient (Wildman–Crippen LogP) is 3.19. The minimum Gasteiger partial charge on any atom is -0.511 e. The maximum Gasteiger partial charge on any atom is 0.102 e. The number of halogens is 1. The standard InChI is InChI=1S/C14H17BrN2O/c1-8-10(7-12(16)9(2)18)14-11(15)5-4-6-13(14)17(8)3/h4-6,12,18H,2,7,16H2,1,3H3. The quantitative estimate of drug-likeness (QED) is 0.856. The maximum atomic E-state index is 9.38. The summed E-state index contributed by atoms with van der Waals surface area (Å²) in [7, 11) is 2.03. The molecule has 1 aromatic heterocycles. The van der Waals surface area contributed by atoms with Gasteiger partial charge in [-0.05, 0) is 31.0 Å². The number of nitrogens with two attached hydrogens (primary N) is 1. The molecule has 0 fully saturated rings. The molecular formula is C14H17BrN2O. The summed E-state index contributed by atoms with van der Waals surface area (Å²) < 4.78 is 3.19. The molecule has 1 atom stereocenters. The summed E-state index contributed by atoms with van der Waals surface area (Å²) in [6.07, 6.45) is 0.584. The summed E-state index contributed by atoms with van der Waals surface area (Å²) in [6.45, 7) is 5.57. The van der Waals surface area contributed by atoms with E-state index < -0.39 is 6.04 Å². The molecule has 0 saturated heterocycles. The van der Waals surface area contributed by atoms with Gasteiger partial charge in [0.1, 0.15) is 5.76 Å². The molecule has 0 saturated carbocycles. The number of fused-ring (bicyclic) bond motifs is 1. The number of rotatable bonds is 3. The lowest BCUT2D eigenvalue weighted by Crippen LogP contribution is -2.25. The summed E-state index contributed by atoms with van der Waals surface area (Å²) in [6, 6.07) is 5.68. The average molecular weight is 309 g/mol. The molecule has 1 unspecified atom stereocenters. The van der Waals surface area contributed by atoms with Crippen molar-refractivity contribution in [1.82, 2.24) is 4.57 Å². The first-order valence-electron chi connectivity index (χ1n) is 5.79. The monoisotopic (exact) mass is 308 g/mol. The zero-order valence-corrected chi connectivity index (χ0v) is 12.2. The molecule has 0 bridgehead atoms. The summed E-state index contributed by atoms with van der Waals surface area (Å²) in [5.41, 5.74) is 9.37. The van der Waals surface area contributed by atoms with Crippen LogP contribution in [0.4, 0.5) is 0 Å². The van der Waals surface area contributed by atoms with Gasteiger partial charge in [0.2, 0.25) is 0 Å². The van der Waals surface area contributed by atoms with Crippen LogP contribution in [0.15, 0.2) is 35.0 Å². The fourth-order valence-corrected chi connectivity index (χ4v) is 2.84. The van der Waals surface area contributed by atoms with Gasteiger partial charge in [0.25, 0.3) is 0 Å². The number of benzene rings is 1. The molecule has 96 valence electrons. The highest BCUT2D eigenvalue weighted by Gasteiger charge is 2.17. The third kappa shape index (κ3) is 2.06. The molecule has 0 spiro atoms. The van der Waals surface area contributed by atoms with E-state index in [1.165, 1.54) is 0 Å². The van der Waals surface area contributed by atoms with Crippen molar-refractivity contribution >= 4 is 26.8 Å². The number of aromatic nitrogens is 1. The van der Waals surface area contributed by atoms with E-state index in [0.29, 0.717) is 6.42 Å². The first kappa shape index (κ1) is 13.2. The molecule has 0 amide bonds. The maximum absolute atomic E-state index is 9.38. The second kappa shape index (κ2) is 4.78. The predicted molar refractivity (Wildman–Crippen MR) is 78.8 cm³/mol. The van der Waals surface area contributed by atoms with Gasteiger partial charge in [0.15, 0.2) is 0 Å². The van der Waals surface area contributed by atoms with Gasteiger partial charge in [0, 0.05) is 28.1 Å². The van der Waals surface area contributed by atoms with Crippen molar-refractivity contribution in [2.24, 2.45) is 12.8 Å². The van der Waals surface area contributed by atoms with E-state index in [1.807, 2.05) is 19.2 Å². The highest BCUT2D eigenvalue weighted by atomic mass is 79.9. The summed E-state index contributed by atoms with van der Waals surface area (Å²) >= 11 is 3.58. The Labute approximate surface area is 115 Å². The fourth-order valence-electron chi connectivity index (χ4n) is 2.24. The molecule has 0 aliphatic rings. The van der Waals surface area contributed by atoms with Crippen LogP contribution in [0.5, 0.6) is 0 Å². The lowest BCUT2D eigenvalue weighted by molar-refractivity contribution is 0.368. The van der Waals surface area contributed by atoms with Crippen LogP contribution in [0.3, 0.4) is 0 Å². The Morgan fingerprint density at radius 3 is 2.83 bits per heavy atom. The minimum absolute atomic E-state index is 0.0263.